The second-order valence-corrected chi connectivity index (χ2v) is 12.3. The van der Waals surface area contributed by atoms with Crippen LogP contribution in [0.5, 0.6) is 0 Å². The Labute approximate surface area is 195 Å². The van der Waals surface area contributed by atoms with E-state index < -0.39 is 0 Å². The first-order valence-electron chi connectivity index (χ1n) is 13.1. The Morgan fingerprint density at radius 2 is 1.94 bits per heavy atom. The molecule has 0 radical (unpaired) electrons. The van der Waals surface area contributed by atoms with Gasteiger partial charge < -0.3 is 4.74 Å². The molecule has 0 aromatic heterocycles. The summed E-state index contributed by atoms with van der Waals surface area (Å²) in [4.78, 5) is 25.3. The Kier molecular flexibility index (Phi) is 6.51. The molecule has 178 valence electrons. The molecule has 0 spiro atoms. The maximum Gasteiger partial charge on any atom is 0.302 e. The van der Waals surface area contributed by atoms with Crippen LogP contribution in [0.15, 0.2) is 23.3 Å². The van der Waals surface area contributed by atoms with Crippen molar-refractivity contribution in [2.45, 2.75) is 105 Å². The van der Waals surface area contributed by atoms with Crippen LogP contribution in [-0.4, -0.2) is 17.9 Å². The van der Waals surface area contributed by atoms with Crippen molar-refractivity contribution in [3.63, 3.8) is 0 Å². The van der Waals surface area contributed by atoms with E-state index in [1.54, 1.807) is 0 Å². The number of fused-ring (bicyclic) bond motifs is 5. The molecular weight excluding hydrogens is 396 g/mol. The van der Waals surface area contributed by atoms with Crippen LogP contribution < -0.4 is 0 Å². The zero-order chi connectivity index (χ0) is 23.3. The lowest BCUT2D eigenvalue weighted by molar-refractivity contribution is -0.154. The van der Waals surface area contributed by atoms with E-state index in [1.165, 1.54) is 37.3 Å². The Hall–Kier alpha value is -1.38. The van der Waals surface area contributed by atoms with Crippen molar-refractivity contribution < 1.29 is 14.3 Å². The molecule has 0 aromatic carbocycles. The fourth-order valence-electron chi connectivity index (χ4n) is 8.46. The van der Waals surface area contributed by atoms with Gasteiger partial charge in [-0.3, -0.25) is 9.59 Å². The Morgan fingerprint density at radius 1 is 1.19 bits per heavy atom. The summed E-state index contributed by atoms with van der Waals surface area (Å²) in [6.45, 7) is 13.1. The van der Waals surface area contributed by atoms with Crippen molar-refractivity contribution in [2.75, 3.05) is 0 Å². The van der Waals surface area contributed by atoms with Crippen molar-refractivity contribution in [3.05, 3.63) is 23.3 Å². The SMILES string of the molecule is CC(=O)O[C@@H]1CC[C@]2(C)[C@H](CC=C3[C@@H]2C(=O)C[C@@]2(C)[C@@H]([C@H](C)CCC=C(C)C)CC[C@@H]32)C1. The van der Waals surface area contributed by atoms with Gasteiger partial charge in [-0.15, -0.1) is 0 Å². The molecule has 0 saturated heterocycles. The first-order chi connectivity index (χ1) is 15.1. The molecule has 3 heteroatoms. The van der Waals surface area contributed by atoms with Gasteiger partial charge in [0.15, 0.2) is 0 Å². The maximum absolute atomic E-state index is 13.8. The molecule has 0 N–H and O–H groups in total. The normalized spacial score (nSPS) is 41.6. The number of carbonyl (C=O) groups is 2. The van der Waals surface area contributed by atoms with Gasteiger partial charge in [0, 0.05) is 19.3 Å². The second-order valence-electron chi connectivity index (χ2n) is 12.3. The summed E-state index contributed by atoms with van der Waals surface area (Å²) in [5.74, 6) is 2.75. The smallest absolute Gasteiger partial charge is 0.302 e. The lowest BCUT2D eigenvalue weighted by Crippen LogP contribution is -2.54. The predicted molar refractivity (Wildman–Crippen MR) is 129 cm³/mol. The van der Waals surface area contributed by atoms with Crippen LogP contribution in [0, 0.1) is 40.4 Å². The second kappa shape index (κ2) is 8.76. The molecule has 3 saturated carbocycles. The molecule has 0 unspecified atom stereocenters. The van der Waals surface area contributed by atoms with Crippen LogP contribution in [-0.2, 0) is 14.3 Å². The molecule has 32 heavy (non-hydrogen) atoms. The highest BCUT2D eigenvalue weighted by Gasteiger charge is 2.61. The fraction of sp³-hybridized carbons (Fsp3) is 0.793. The summed E-state index contributed by atoms with van der Waals surface area (Å²) < 4.78 is 5.57. The summed E-state index contributed by atoms with van der Waals surface area (Å²) in [7, 11) is 0. The minimum Gasteiger partial charge on any atom is -0.463 e. The molecular formula is C29H44O3. The molecule has 4 rings (SSSR count). The van der Waals surface area contributed by atoms with Crippen molar-refractivity contribution in [2.24, 2.45) is 40.4 Å². The van der Waals surface area contributed by atoms with Crippen LogP contribution >= 0.6 is 0 Å². The van der Waals surface area contributed by atoms with E-state index in [4.69, 9.17) is 4.74 Å². The minimum absolute atomic E-state index is 0.0296. The van der Waals surface area contributed by atoms with Crippen molar-refractivity contribution in [1.82, 2.24) is 0 Å². The summed E-state index contributed by atoms with van der Waals surface area (Å²) in [5, 5.41) is 0. The highest BCUT2D eigenvalue weighted by atomic mass is 16.5. The number of carbonyl (C=O) groups excluding carboxylic acids is 2. The summed E-state index contributed by atoms with van der Waals surface area (Å²) in [6, 6.07) is 0. The molecule has 3 nitrogen and oxygen atoms in total. The third-order valence-electron chi connectivity index (χ3n) is 10.00. The summed E-state index contributed by atoms with van der Waals surface area (Å²) in [6.07, 6.45) is 14.4. The van der Waals surface area contributed by atoms with Crippen LogP contribution in [0.1, 0.15) is 99.3 Å². The maximum atomic E-state index is 13.8. The van der Waals surface area contributed by atoms with E-state index in [9.17, 15) is 9.59 Å². The van der Waals surface area contributed by atoms with Crippen LogP contribution in [0.4, 0.5) is 0 Å². The van der Waals surface area contributed by atoms with Crippen molar-refractivity contribution in [1.29, 1.82) is 0 Å². The van der Waals surface area contributed by atoms with Crippen molar-refractivity contribution >= 4 is 11.8 Å². The molecule has 4 aliphatic rings. The third-order valence-corrected chi connectivity index (χ3v) is 10.00. The van der Waals surface area contributed by atoms with Gasteiger partial charge >= 0.3 is 5.97 Å². The standard InChI is InChI=1S/C29H44O3/c1-18(2)8-7-9-19(3)24-12-13-25-23-11-10-21-16-22(32-20(4)30)14-15-28(21,5)27(23)26(31)17-29(24,25)6/h8,11,19,21-22,24-25,27H,7,9-10,12-17H2,1-6H3/t19-,21-,22-,24-,25+,27-,28-,29+/m1/s1. The highest BCUT2D eigenvalue weighted by molar-refractivity contribution is 5.87. The van der Waals surface area contributed by atoms with Gasteiger partial charge in [-0.05, 0) is 99.7 Å². The van der Waals surface area contributed by atoms with Gasteiger partial charge in [0.05, 0.1) is 0 Å². The number of Topliss-reactive ketones (excluding diaryl/α,β-unsaturated/α-hetero) is 1. The van der Waals surface area contributed by atoms with E-state index in [0.717, 1.165) is 38.5 Å². The minimum atomic E-state index is -0.175. The van der Waals surface area contributed by atoms with Gasteiger partial charge in [0.2, 0.25) is 0 Å². The quantitative estimate of drug-likeness (QED) is 0.339. The lowest BCUT2D eigenvalue weighted by Gasteiger charge is -2.56. The molecule has 0 bridgehead atoms. The van der Waals surface area contributed by atoms with Gasteiger partial charge in [0.25, 0.3) is 0 Å². The van der Waals surface area contributed by atoms with Gasteiger partial charge in [-0.25, -0.2) is 0 Å². The van der Waals surface area contributed by atoms with Gasteiger partial charge in [-0.2, -0.15) is 0 Å². The molecule has 0 aromatic rings. The van der Waals surface area contributed by atoms with E-state index in [2.05, 4.69) is 46.8 Å². The molecule has 3 fully saturated rings. The third kappa shape index (κ3) is 4.03. The molecule has 8 atom stereocenters. The zero-order valence-electron chi connectivity index (χ0n) is 21.2. The Morgan fingerprint density at radius 3 is 2.62 bits per heavy atom. The first kappa shape index (κ1) is 23.8. The van der Waals surface area contributed by atoms with Crippen LogP contribution in [0.3, 0.4) is 0 Å². The van der Waals surface area contributed by atoms with E-state index >= 15 is 0 Å². The Bertz CT molecular complexity index is 818. The number of rotatable bonds is 5. The lowest BCUT2D eigenvalue weighted by atomic mass is 9.47. The molecule has 0 heterocycles. The van der Waals surface area contributed by atoms with E-state index in [0.29, 0.717) is 29.5 Å². The number of allylic oxidation sites excluding steroid dienone is 4. The topological polar surface area (TPSA) is 43.4 Å². The zero-order valence-corrected chi connectivity index (χ0v) is 21.2. The van der Waals surface area contributed by atoms with Crippen LogP contribution in [0.25, 0.3) is 0 Å². The van der Waals surface area contributed by atoms with Crippen molar-refractivity contribution in [3.8, 4) is 0 Å². The summed E-state index contributed by atoms with van der Waals surface area (Å²) in [5.41, 5.74) is 3.06. The highest BCUT2D eigenvalue weighted by Crippen LogP contribution is 2.66. The fourth-order valence-corrected chi connectivity index (χ4v) is 8.46. The summed E-state index contributed by atoms with van der Waals surface area (Å²) >= 11 is 0. The predicted octanol–water partition coefficient (Wildman–Crippen LogP) is 7.06. The number of ether oxygens (including phenoxy) is 1. The average molecular weight is 441 g/mol. The Balaban J connectivity index is 1.55. The number of hydrogen-bond donors (Lipinski definition) is 0. The molecule has 0 aliphatic heterocycles. The van der Waals surface area contributed by atoms with E-state index in [-0.39, 0.29) is 28.8 Å². The molecule has 0 amide bonds. The number of esters is 1. The van der Waals surface area contributed by atoms with Gasteiger partial charge in [-0.1, -0.05) is 44.1 Å². The van der Waals surface area contributed by atoms with Gasteiger partial charge in [0.1, 0.15) is 11.9 Å². The monoisotopic (exact) mass is 440 g/mol. The van der Waals surface area contributed by atoms with E-state index in [1.807, 2.05) is 0 Å². The average Bonchev–Trinajstić information content (AvgIpc) is 3.03. The first-order valence-corrected chi connectivity index (χ1v) is 13.1. The number of ketones is 1. The largest absolute Gasteiger partial charge is 0.463 e. The van der Waals surface area contributed by atoms with Crippen LogP contribution in [0.2, 0.25) is 0 Å². The number of hydrogen-bond acceptors (Lipinski definition) is 3. The molecule has 4 aliphatic carbocycles.